The van der Waals surface area contributed by atoms with Crippen molar-refractivity contribution in [1.29, 1.82) is 0 Å². The molecular formula is C19H17NO4S. The van der Waals surface area contributed by atoms with Crippen molar-refractivity contribution in [3.8, 4) is 22.6 Å². The first-order valence-electron chi connectivity index (χ1n) is 8.50. The molecule has 2 aliphatic heterocycles. The lowest BCUT2D eigenvalue weighted by atomic mass is 10.1. The van der Waals surface area contributed by atoms with Gasteiger partial charge in [-0.3, -0.25) is 4.79 Å². The maximum absolute atomic E-state index is 12.6. The Hall–Kier alpha value is -2.47. The van der Waals surface area contributed by atoms with Gasteiger partial charge in [-0.15, -0.1) is 11.3 Å². The fourth-order valence-electron chi connectivity index (χ4n) is 3.46. The van der Waals surface area contributed by atoms with Crippen LogP contribution in [-0.2, 0) is 0 Å². The zero-order valence-electron chi connectivity index (χ0n) is 13.6. The van der Waals surface area contributed by atoms with E-state index in [0.717, 1.165) is 48.6 Å². The van der Waals surface area contributed by atoms with Gasteiger partial charge in [0.05, 0.1) is 0 Å². The third kappa shape index (κ3) is 2.48. The molecule has 1 fully saturated rings. The molecule has 0 radical (unpaired) electrons. The van der Waals surface area contributed by atoms with Crippen LogP contribution in [0.1, 0.15) is 19.3 Å². The summed E-state index contributed by atoms with van der Waals surface area (Å²) >= 11 is 1.43. The summed E-state index contributed by atoms with van der Waals surface area (Å²) in [6.07, 6.45) is 3.52. The molecule has 128 valence electrons. The fraction of sp³-hybridized carbons (Fsp3) is 0.316. The Labute approximate surface area is 148 Å². The van der Waals surface area contributed by atoms with E-state index in [1.54, 1.807) is 6.07 Å². The summed E-state index contributed by atoms with van der Waals surface area (Å²) in [7, 11) is 0. The molecular weight excluding hydrogens is 338 g/mol. The lowest BCUT2D eigenvalue weighted by Crippen LogP contribution is -2.29. The predicted octanol–water partition coefficient (Wildman–Crippen LogP) is 4.24. The van der Waals surface area contributed by atoms with Crippen LogP contribution in [-0.4, -0.2) is 19.9 Å². The molecule has 1 aromatic carbocycles. The van der Waals surface area contributed by atoms with Crippen LogP contribution < -0.4 is 19.8 Å². The second-order valence-corrected chi connectivity index (χ2v) is 7.25. The average molecular weight is 355 g/mol. The Kier molecular flexibility index (Phi) is 3.45. The first-order chi connectivity index (χ1) is 12.3. The number of ether oxygens (including phenoxy) is 2. The number of rotatable bonds is 2. The van der Waals surface area contributed by atoms with Crippen molar-refractivity contribution < 1.29 is 13.9 Å². The second-order valence-electron chi connectivity index (χ2n) is 6.37. The molecule has 6 heteroatoms. The first kappa shape index (κ1) is 14.8. The third-order valence-electron chi connectivity index (χ3n) is 4.78. The summed E-state index contributed by atoms with van der Waals surface area (Å²) < 4.78 is 17.7. The van der Waals surface area contributed by atoms with Crippen LogP contribution in [0.25, 0.3) is 21.4 Å². The van der Waals surface area contributed by atoms with Gasteiger partial charge < -0.3 is 18.8 Å². The number of piperidine rings is 1. The molecule has 0 amide bonds. The van der Waals surface area contributed by atoms with Crippen LogP contribution in [0.4, 0.5) is 5.88 Å². The van der Waals surface area contributed by atoms with Crippen LogP contribution in [0.3, 0.4) is 0 Å². The fourth-order valence-corrected chi connectivity index (χ4v) is 4.38. The molecule has 4 heterocycles. The average Bonchev–Trinajstić information content (AvgIpc) is 3.28. The lowest BCUT2D eigenvalue weighted by Gasteiger charge is -2.26. The van der Waals surface area contributed by atoms with Gasteiger partial charge in [0.25, 0.3) is 0 Å². The molecule has 0 unspecified atom stereocenters. The Balaban J connectivity index is 1.63. The third-order valence-corrected chi connectivity index (χ3v) is 5.76. The van der Waals surface area contributed by atoms with Gasteiger partial charge in [-0.05, 0) is 37.0 Å². The van der Waals surface area contributed by atoms with Crippen molar-refractivity contribution in [1.82, 2.24) is 0 Å². The topological polar surface area (TPSA) is 51.9 Å². The van der Waals surface area contributed by atoms with Crippen LogP contribution in [0, 0.1) is 0 Å². The molecule has 25 heavy (non-hydrogen) atoms. The number of anilines is 1. The highest BCUT2D eigenvalue weighted by Gasteiger charge is 2.20. The van der Waals surface area contributed by atoms with Gasteiger partial charge in [0, 0.05) is 30.1 Å². The highest BCUT2D eigenvalue weighted by atomic mass is 32.1. The van der Waals surface area contributed by atoms with Crippen LogP contribution >= 0.6 is 11.3 Å². The highest BCUT2D eigenvalue weighted by Crippen LogP contribution is 2.40. The largest absolute Gasteiger partial charge is 0.454 e. The summed E-state index contributed by atoms with van der Waals surface area (Å²) in [5.74, 6) is 2.16. The number of nitrogens with zero attached hydrogens (tertiary/aromatic N) is 1. The van der Waals surface area contributed by atoms with Gasteiger partial charge in [0.15, 0.2) is 23.0 Å². The Morgan fingerprint density at radius 1 is 1.00 bits per heavy atom. The van der Waals surface area contributed by atoms with Gasteiger partial charge in [-0.1, -0.05) is 6.07 Å². The molecule has 2 aromatic heterocycles. The molecule has 0 spiro atoms. The minimum Gasteiger partial charge on any atom is -0.454 e. The van der Waals surface area contributed by atoms with E-state index in [2.05, 4.69) is 4.90 Å². The molecule has 1 saturated heterocycles. The number of fused-ring (bicyclic) bond motifs is 2. The van der Waals surface area contributed by atoms with E-state index in [1.807, 2.05) is 23.6 Å². The van der Waals surface area contributed by atoms with E-state index in [9.17, 15) is 4.79 Å². The quantitative estimate of drug-likeness (QED) is 0.688. The van der Waals surface area contributed by atoms with Gasteiger partial charge in [-0.2, -0.15) is 0 Å². The van der Waals surface area contributed by atoms with E-state index in [0.29, 0.717) is 16.2 Å². The highest BCUT2D eigenvalue weighted by molar-refractivity contribution is 7.17. The molecule has 0 bridgehead atoms. The Morgan fingerprint density at radius 3 is 2.72 bits per heavy atom. The summed E-state index contributed by atoms with van der Waals surface area (Å²) in [5.41, 5.74) is 2.58. The molecule has 5 rings (SSSR count). The monoisotopic (exact) mass is 355 g/mol. The zero-order chi connectivity index (χ0) is 16.8. The minimum atomic E-state index is 0.0267. The maximum atomic E-state index is 12.6. The van der Waals surface area contributed by atoms with E-state index < -0.39 is 0 Å². The first-order valence-corrected chi connectivity index (χ1v) is 9.38. The molecule has 0 saturated carbocycles. The zero-order valence-corrected chi connectivity index (χ0v) is 14.4. The second kappa shape index (κ2) is 5.81. The standard InChI is InChI=1S/C19H17NO4S/c21-14-9-17(20-6-2-1-3-7-20)24-18-13(10-25-19(14)18)12-4-5-15-16(8-12)23-11-22-15/h4-5,8-10H,1-3,6-7,11H2. The van der Waals surface area contributed by atoms with Crippen molar-refractivity contribution >= 4 is 27.5 Å². The van der Waals surface area contributed by atoms with Gasteiger partial charge in [-0.25, -0.2) is 0 Å². The normalized spacial score (nSPS) is 16.6. The molecule has 3 aromatic rings. The predicted molar refractivity (Wildman–Crippen MR) is 98.0 cm³/mol. The van der Waals surface area contributed by atoms with Crippen LogP contribution in [0.5, 0.6) is 11.5 Å². The van der Waals surface area contributed by atoms with Crippen molar-refractivity contribution in [3.05, 3.63) is 39.9 Å². The number of benzene rings is 1. The summed E-state index contributed by atoms with van der Waals surface area (Å²) in [6, 6.07) is 7.45. The van der Waals surface area contributed by atoms with Crippen molar-refractivity contribution in [2.75, 3.05) is 24.8 Å². The lowest BCUT2D eigenvalue weighted by molar-refractivity contribution is 0.174. The molecule has 0 N–H and O–H groups in total. The van der Waals surface area contributed by atoms with Gasteiger partial charge in [0.2, 0.25) is 12.2 Å². The van der Waals surface area contributed by atoms with E-state index >= 15 is 0 Å². The van der Waals surface area contributed by atoms with Crippen molar-refractivity contribution in [3.63, 3.8) is 0 Å². The summed E-state index contributed by atoms with van der Waals surface area (Å²) in [4.78, 5) is 14.7. The van der Waals surface area contributed by atoms with Crippen LogP contribution in [0.15, 0.2) is 38.9 Å². The Bertz CT molecular complexity index is 1000. The summed E-state index contributed by atoms with van der Waals surface area (Å²) in [6.45, 7) is 2.13. The van der Waals surface area contributed by atoms with E-state index in [-0.39, 0.29) is 12.2 Å². The van der Waals surface area contributed by atoms with E-state index in [1.165, 1.54) is 17.8 Å². The molecule has 0 aliphatic carbocycles. The number of hydrogen-bond acceptors (Lipinski definition) is 6. The Morgan fingerprint density at radius 2 is 1.84 bits per heavy atom. The molecule has 0 atom stereocenters. The van der Waals surface area contributed by atoms with Crippen molar-refractivity contribution in [2.24, 2.45) is 0 Å². The molecule has 2 aliphatic rings. The maximum Gasteiger partial charge on any atom is 0.231 e. The van der Waals surface area contributed by atoms with E-state index in [4.69, 9.17) is 13.9 Å². The van der Waals surface area contributed by atoms with Crippen molar-refractivity contribution in [2.45, 2.75) is 19.3 Å². The smallest absolute Gasteiger partial charge is 0.231 e. The number of thiophene rings is 1. The minimum absolute atomic E-state index is 0.0267. The SMILES string of the molecule is O=c1cc(N2CCCCC2)oc2c(-c3ccc4c(c3)OCO4)csc12. The summed E-state index contributed by atoms with van der Waals surface area (Å²) in [5, 5.41) is 1.98. The van der Waals surface area contributed by atoms with Gasteiger partial charge in [0.1, 0.15) is 4.70 Å². The number of hydrogen-bond donors (Lipinski definition) is 0. The molecule has 5 nitrogen and oxygen atoms in total. The van der Waals surface area contributed by atoms with Crippen LogP contribution in [0.2, 0.25) is 0 Å². The van der Waals surface area contributed by atoms with Gasteiger partial charge >= 0.3 is 0 Å².